The first kappa shape index (κ1) is 23.2. The van der Waals surface area contributed by atoms with E-state index in [0.717, 1.165) is 21.3 Å². The summed E-state index contributed by atoms with van der Waals surface area (Å²) in [6.45, 7) is 6.24. The summed E-state index contributed by atoms with van der Waals surface area (Å²) in [6, 6.07) is 16.9. The van der Waals surface area contributed by atoms with Crippen LogP contribution in [0.4, 0.5) is 0 Å². The minimum Gasteiger partial charge on any atom is -0.273 e. The number of imide groups is 1. The van der Waals surface area contributed by atoms with Gasteiger partial charge < -0.3 is 0 Å². The summed E-state index contributed by atoms with van der Waals surface area (Å²) in [5.74, 6) is -1.64. The van der Waals surface area contributed by atoms with Crippen LogP contribution in [0.2, 0.25) is 5.15 Å². The number of benzene rings is 2. The lowest BCUT2D eigenvalue weighted by atomic mass is 10.1. The number of aryl methyl sites for hydroxylation is 2. The second-order valence-electron chi connectivity index (χ2n) is 8.00. The molecule has 0 N–H and O–H groups in total. The fraction of sp³-hybridized carbons (Fsp3) is 0.154. The number of para-hydroxylation sites is 1. The van der Waals surface area contributed by atoms with Crippen LogP contribution < -0.4 is 0 Å². The minimum atomic E-state index is -0.564. The van der Waals surface area contributed by atoms with Gasteiger partial charge in [-0.25, -0.2) is 9.69 Å². The molecule has 0 unspecified atom stereocenters. The van der Waals surface area contributed by atoms with Gasteiger partial charge in [-0.3, -0.25) is 14.4 Å². The van der Waals surface area contributed by atoms with E-state index in [0.29, 0.717) is 27.7 Å². The Kier molecular flexibility index (Phi) is 6.22. The molecule has 1 aliphatic heterocycles. The van der Waals surface area contributed by atoms with E-state index in [9.17, 15) is 14.4 Å². The highest BCUT2D eigenvalue weighted by molar-refractivity contribution is 6.31. The van der Waals surface area contributed by atoms with Crippen molar-refractivity contribution < 1.29 is 14.4 Å². The summed E-state index contributed by atoms with van der Waals surface area (Å²) in [7, 11) is 0. The van der Waals surface area contributed by atoms with Crippen LogP contribution in [-0.4, -0.2) is 37.5 Å². The topological polar surface area (TPSA) is 75.5 Å². The van der Waals surface area contributed by atoms with E-state index in [2.05, 4.69) is 5.10 Å². The van der Waals surface area contributed by atoms with Gasteiger partial charge in [0.2, 0.25) is 11.8 Å². The van der Waals surface area contributed by atoms with Crippen molar-refractivity contribution >= 4 is 41.1 Å². The molecule has 2 aromatic carbocycles. The molecule has 0 saturated heterocycles. The van der Waals surface area contributed by atoms with Crippen LogP contribution in [0.25, 0.3) is 17.5 Å². The first-order chi connectivity index (χ1) is 16.2. The number of carbonyl (C=O) groups is 3. The predicted octanol–water partition coefficient (Wildman–Crippen LogP) is 4.72. The Hall–Kier alpha value is -3.97. The summed E-state index contributed by atoms with van der Waals surface area (Å²) in [6.07, 6.45) is 3.29. The fourth-order valence-electron chi connectivity index (χ4n) is 3.81. The summed E-state index contributed by atoms with van der Waals surface area (Å²) < 4.78 is 1.60. The maximum absolute atomic E-state index is 13.5. The molecule has 0 fully saturated rings. The highest BCUT2D eigenvalue weighted by Gasteiger charge is 2.37. The van der Waals surface area contributed by atoms with Crippen LogP contribution in [-0.2, 0) is 14.4 Å². The SMILES string of the molecule is CC(=O)N(C(C)=O)N1C(=O)C(=Cc2c(C)nn(-c3ccccc3)c2Cl)C=C1c1ccc(C)cc1. The van der Waals surface area contributed by atoms with Crippen molar-refractivity contribution in [2.75, 3.05) is 0 Å². The molecular formula is C26H23ClN4O3. The van der Waals surface area contributed by atoms with E-state index < -0.39 is 17.7 Å². The zero-order valence-corrected chi connectivity index (χ0v) is 20.0. The molecule has 0 spiro atoms. The van der Waals surface area contributed by atoms with Crippen molar-refractivity contribution in [2.24, 2.45) is 0 Å². The average Bonchev–Trinajstić information content (AvgIpc) is 3.26. The summed E-state index contributed by atoms with van der Waals surface area (Å²) in [5.41, 5.74) is 4.43. The molecular weight excluding hydrogens is 452 g/mol. The second kappa shape index (κ2) is 9.11. The Labute approximate surface area is 202 Å². The fourth-order valence-corrected chi connectivity index (χ4v) is 4.13. The third-order valence-electron chi connectivity index (χ3n) is 5.45. The highest BCUT2D eigenvalue weighted by atomic mass is 35.5. The molecule has 3 amide bonds. The zero-order chi connectivity index (χ0) is 24.6. The highest BCUT2D eigenvalue weighted by Crippen LogP contribution is 2.34. The van der Waals surface area contributed by atoms with E-state index in [-0.39, 0.29) is 5.57 Å². The van der Waals surface area contributed by atoms with Crippen molar-refractivity contribution in [3.63, 3.8) is 0 Å². The van der Waals surface area contributed by atoms with Gasteiger partial charge >= 0.3 is 0 Å². The van der Waals surface area contributed by atoms with Crippen molar-refractivity contribution in [3.8, 4) is 5.69 Å². The summed E-state index contributed by atoms with van der Waals surface area (Å²) in [5, 5.41) is 6.83. The van der Waals surface area contributed by atoms with Crippen LogP contribution in [0, 0.1) is 13.8 Å². The molecule has 0 radical (unpaired) electrons. The van der Waals surface area contributed by atoms with E-state index >= 15 is 0 Å². The second-order valence-corrected chi connectivity index (χ2v) is 8.36. The van der Waals surface area contributed by atoms with Gasteiger partial charge in [0.1, 0.15) is 5.15 Å². The molecule has 3 aromatic rings. The van der Waals surface area contributed by atoms with Crippen molar-refractivity contribution in [1.29, 1.82) is 0 Å². The first-order valence-corrected chi connectivity index (χ1v) is 11.0. The molecule has 0 saturated carbocycles. The number of aromatic nitrogens is 2. The van der Waals surface area contributed by atoms with Crippen molar-refractivity contribution in [3.05, 3.63) is 93.8 Å². The Bertz CT molecular complexity index is 1340. The van der Waals surface area contributed by atoms with Gasteiger partial charge in [0.15, 0.2) is 0 Å². The third kappa shape index (κ3) is 4.18. The maximum Gasteiger partial charge on any atom is 0.277 e. The Morgan fingerprint density at radius 2 is 1.59 bits per heavy atom. The van der Waals surface area contributed by atoms with Gasteiger partial charge in [0.25, 0.3) is 5.91 Å². The lowest BCUT2D eigenvalue weighted by Crippen LogP contribution is -2.48. The molecule has 0 aliphatic carbocycles. The number of hydrogen-bond acceptors (Lipinski definition) is 4. The number of carbonyl (C=O) groups excluding carboxylic acids is 3. The van der Waals surface area contributed by atoms with E-state index in [1.165, 1.54) is 13.8 Å². The smallest absolute Gasteiger partial charge is 0.273 e. The summed E-state index contributed by atoms with van der Waals surface area (Å²) in [4.78, 5) is 38.1. The van der Waals surface area contributed by atoms with Gasteiger partial charge in [-0.1, -0.05) is 59.6 Å². The largest absolute Gasteiger partial charge is 0.277 e. The number of hydrazine groups is 1. The average molecular weight is 475 g/mol. The number of amides is 3. The van der Waals surface area contributed by atoms with E-state index in [1.54, 1.807) is 23.8 Å². The maximum atomic E-state index is 13.5. The summed E-state index contributed by atoms with van der Waals surface area (Å²) >= 11 is 6.65. The monoisotopic (exact) mass is 474 g/mol. The quantitative estimate of drug-likeness (QED) is 0.513. The van der Waals surface area contributed by atoms with Gasteiger partial charge in [0.05, 0.1) is 17.1 Å². The number of hydrogen-bond donors (Lipinski definition) is 0. The molecule has 0 bridgehead atoms. The Balaban J connectivity index is 1.85. The molecule has 4 rings (SSSR count). The third-order valence-corrected chi connectivity index (χ3v) is 5.82. The molecule has 8 heteroatoms. The molecule has 0 atom stereocenters. The van der Waals surface area contributed by atoms with Gasteiger partial charge in [-0.2, -0.15) is 10.1 Å². The van der Waals surface area contributed by atoms with Crippen molar-refractivity contribution in [1.82, 2.24) is 19.8 Å². The van der Waals surface area contributed by atoms with E-state index in [4.69, 9.17) is 11.6 Å². The molecule has 34 heavy (non-hydrogen) atoms. The van der Waals surface area contributed by atoms with Crippen LogP contribution in [0.3, 0.4) is 0 Å². The minimum absolute atomic E-state index is 0.278. The van der Waals surface area contributed by atoms with Crippen molar-refractivity contribution in [2.45, 2.75) is 27.7 Å². The lowest BCUT2D eigenvalue weighted by Gasteiger charge is -2.30. The zero-order valence-electron chi connectivity index (χ0n) is 19.2. The molecule has 2 heterocycles. The molecule has 7 nitrogen and oxygen atoms in total. The number of rotatable bonds is 4. The molecule has 172 valence electrons. The lowest BCUT2D eigenvalue weighted by molar-refractivity contribution is -0.162. The van der Waals surface area contributed by atoms with Gasteiger partial charge in [-0.15, -0.1) is 0 Å². The standard InChI is InChI=1S/C26H23ClN4O3/c1-16-10-12-20(13-11-16)24-15-21(26(34)31(24)30(18(3)32)19(4)33)14-23-17(2)28-29(25(23)27)22-8-6-5-7-9-22/h5-15H,1-4H3. The number of halogens is 1. The molecule has 1 aromatic heterocycles. The Morgan fingerprint density at radius 3 is 2.18 bits per heavy atom. The van der Waals surface area contributed by atoms with Crippen LogP contribution >= 0.6 is 11.6 Å². The van der Waals surface area contributed by atoms with Crippen LogP contribution in [0.15, 0.2) is 66.2 Å². The van der Waals surface area contributed by atoms with Crippen LogP contribution in [0.5, 0.6) is 0 Å². The Morgan fingerprint density at radius 1 is 0.971 bits per heavy atom. The number of nitrogens with zero attached hydrogens (tertiary/aromatic N) is 4. The normalized spacial score (nSPS) is 14.5. The predicted molar refractivity (Wildman–Crippen MR) is 130 cm³/mol. The van der Waals surface area contributed by atoms with Crippen LogP contribution in [0.1, 0.15) is 36.2 Å². The first-order valence-electron chi connectivity index (χ1n) is 10.7. The van der Waals surface area contributed by atoms with Gasteiger partial charge in [-0.05, 0) is 38.1 Å². The van der Waals surface area contributed by atoms with E-state index in [1.807, 2.05) is 61.5 Å². The van der Waals surface area contributed by atoms with Gasteiger partial charge in [0, 0.05) is 30.5 Å². The molecule has 1 aliphatic rings.